The molecular formula is C21H32N2O2. The van der Waals surface area contributed by atoms with Crippen LogP contribution in [0.3, 0.4) is 0 Å². The third-order valence-electron chi connectivity index (χ3n) is 5.81. The van der Waals surface area contributed by atoms with Crippen molar-refractivity contribution in [2.24, 2.45) is 5.92 Å². The maximum atomic E-state index is 11.3. The maximum absolute atomic E-state index is 11.3. The van der Waals surface area contributed by atoms with Crippen molar-refractivity contribution in [3.05, 3.63) is 35.9 Å². The molecule has 1 aromatic rings. The van der Waals surface area contributed by atoms with Gasteiger partial charge in [-0.1, -0.05) is 30.3 Å². The van der Waals surface area contributed by atoms with Gasteiger partial charge in [-0.25, -0.2) is 0 Å². The molecule has 25 heavy (non-hydrogen) atoms. The van der Waals surface area contributed by atoms with Gasteiger partial charge in [0.15, 0.2) is 0 Å². The molecule has 1 aromatic carbocycles. The minimum absolute atomic E-state index is 0.109. The molecule has 2 aliphatic rings. The number of aryl methyl sites for hydroxylation is 1. The molecule has 1 atom stereocenters. The van der Waals surface area contributed by atoms with Gasteiger partial charge < -0.3 is 10.1 Å². The summed E-state index contributed by atoms with van der Waals surface area (Å²) in [5.74, 6) is 0.851. The molecule has 1 unspecified atom stereocenters. The fourth-order valence-corrected chi connectivity index (χ4v) is 4.52. The molecular weight excluding hydrogens is 312 g/mol. The third kappa shape index (κ3) is 5.55. The molecule has 0 spiro atoms. The first-order valence-electron chi connectivity index (χ1n) is 9.85. The van der Waals surface area contributed by atoms with Gasteiger partial charge in [0.1, 0.15) is 0 Å². The van der Waals surface area contributed by atoms with Gasteiger partial charge >= 0.3 is 0 Å². The van der Waals surface area contributed by atoms with Crippen LogP contribution < -0.4 is 5.32 Å². The van der Waals surface area contributed by atoms with Crippen molar-refractivity contribution < 1.29 is 9.53 Å². The molecule has 1 saturated heterocycles. The summed E-state index contributed by atoms with van der Waals surface area (Å²) in [4.78, 5) is 14.0. The summed E-state index contributed by atoms with van der Waals surface area (Å²) in [6, 6.07) is 11.9. The zero-order chi connectivity index (χ0) is 17.5. The van der Waals surface area contributed by atoms with E-state index in [-0.39, 0.29) is 5.91 Å². The second kappa shape index (κ2) is 9.35. The molecule has 0 bridgehead atoms. The highest BCUT2D eigenvalue weighted by molar-refractivity contribution is 5.73. The van der Waals surface area contributed by atoms with Crippen LogP contribution in [-0.4, -0.2) is 49.2 Å². The molecule has 1 N–H and O–H groups in total. The highest BCUT2D eigenvalue weighted by atomic mass is 16.5. The summed E-state index contributed by atoms with van der Waals surface area (Å²) in [6.07, 6.45) is 7.06. The van der Waals surface area contributed by atoms with Gasteiger partial charge in [0, 0.05) is 32.1 Å². The minimum Gasteiger partial charge on any atom is -0.379 e. The van der Waals surface area contributed by atoms with Crippen LogP contribution >= 0.6 is 0 Å². The van der Waals surface area contributed by atoms with Crippen molar-refractivity contribution in [1.82, 2.24) is 10.2 Å². The Morgan fingerprint density at radius 2 is 1.84 bits per heavy atom. The third-order valence-corrected chi connectivity index (χ3v) is 5.81. The summed E-state index contributed by atoms with van der Waals surface area (Å²) in [5, 5.41) is 3.11. The number of rotatable bonds is 6. The molecule has 3 rings (SSSR count). The van der Waals surface area contributed by atoms with E-state index in [0.29, 0.717) is 12.1 Å². The van der Waals surface area contributed by atoms with Gasteiger partial charge in [-0.15, -0.1) is 0 Å². The molecule has 1 saturated carbocycles. The Hall–Kier alpha value is -1.39. The van der Waals surface area contributed by atoms with E-state index in [4.69, 9.17) is 4.74 Å². The van der Waals surface area contributed by atoms with E-state index in [1.54, 1.807) is 6.92 Å². The Kier molecular flexibility index (Phi) is 6.88. The number of nitrogens with zero attached hydrogens (tertiary/aromatic N) is 1. The highest BCUT2D eigenvalue weighted by Crippen LogP contribution is 2.32. The van der Waals surface area contributed by atoms with Crippen molar-refractivity contribution >= 4 is 5.91 Å². The topological polar surface area (TPSA) is 41.6 Å². The highest BCUT2D eigenvalue weighted by Gasteiger charge is 2.32. The van der Waals surface area contributed by atoms with Crippen molar-refractivity contribution in [2.75, 3.05) is 26.3 Å². The van der Waals surface area contributed by atoms with Crippen LogP contribution in [0.4, 0.5) is 0 Å². The number of nitrogens with one attached hydrogen (secondary N) is 1. The fourth-order valence-electron chi connectivity index (χ4n) is 4.52. The van der Waals surface area contributed by atoms with Crippen LogP contribution in [0.15, 0.2) is 30.3 Å². The number of morpholine rings is 1. The number of amides is 1. The van der Waals surface area contributed by atoms with Gasteiger partial charge in [0.2, 0.25) is 5.91 Å². The van der Waals surface area contributed by atoms with E-state index in [0.717, 1.165) is 51.5 Å². The molecule has 2 fully saturated rings. The number of benzene rings is 1. The van der Waals surface area contributed by atoms with Crippen LogP contribution in [0.1, 0.15) is 44.6 Å². The Bertz CT molecular complexity index is 520. The summed E-state index contributed by atoms with van der Waals surface area (Å²) in [6.45, 7) is 5.48. The van der Waals surface area contributed by atoms with Crippen LogP contribution in [0.25, 0.3) is 0 Å². The average molecular weight is 344 g/mol. The van der Waals surface area contributed by atoms with Crippen LogP contribution in [-0.2, 0) is 16.0 Å². The Labute approximate surface area is 151 Å². The zero-order valence-corrected chi connectivity index (χ0v) is 15.5. The largest absolute Gasteiger partial charge is 0.379 e. The standard InChI is InChI=1S/C21H32N2O2/c1-17(24)22-20-10-8-19(9-11-20)21(23-13-15-25-16-14-23)12-7-18-5-3-2-4-6-18/h2-6,19-21H,7-16H2,1H3,(H,22,24). The maximum Gasteiger partial charge on any atom is 0.217 e. The second-order valence-corrected chi connectivity index (χ2v) is 7.55. The number of hydrogen-bond acceptors (Lipinski definition) is 3. The van der Waals surface area contributed by atoms with E-state index in [9.17, 15) is 4.79 Å². The van der Waals surface area contributed by atoms with Gasteiger partial charge in [0.05, 0.1) is 13.2 Å². The van der Waals surface area contributed by atoms with E-state index >= 15 is 0 Å². The van der Waals surface area contributed by atoms with E-state index < -0.39 is 0 Å². The molecule has 1 aliphatic heterocycles. The van der Waals surface area contributed by atoms with Crippen molar-refractivity contribution in [3.8, 4) is 0 Å². The monoisotopic (exact) mass is 344 g/mol. The lowest BCUT2D eigenvalue weighted by atomic mass is 9.79. The number of carbonyl (C=O) groups is 1. The first-order chi connectivity index (χ1) is 12.2. The predicted molar refractivity (Wildman–Crippen MR) is 101 cm³/mol. The van der Waals surface area contributed by atoms with Gasteiger partial charge in [-0.3, -0.25) is 9.69 Å². The van der Waals surface area contributed by atoms with Crippen molar-refractivity contribution in [1.29, 1.82) is 0 Å². The lowest BCUT2D eigenvalue weighted by Gasteiger charge is -2.42. The molecule has 1 amide bonds. The number of ether oxygens (including phenoxy) is 1. The summed E-state index contributed by atoms with van der Waals surface area (Å²) >= 11 is 0. The van der Waals surface area contributed by atoms with Gasteiger partial charge in [-0.05, 0) is 50.0 Å². The Morgan fingerprint density at radius 3 is 2.48 bits per heavy atom. The minimum atomic E-state index is 0.109. The first-order valence-corrected chi connectivity index (χ1v) is 9.85. The lowest BCUT2D eigenvalue weighted by molar-refractivity contribution is -0.120. The Balaban J connectivity index is 1.59. The molecule has 138 valence electrons. The van der Waals surface area contributed by atoms with Crippen LogP contribution in [0.2, 0.25) is 0 Å². The zero-order valence-electron chi connectivity index (χ0n) is 15.5. The van der Waals surface area contributed by atoms with E-state index in [1.807, 2.05) is 0 Å². The number of carbonyl (C=O) groups excluding carboxylic acids is 1. The first kappa shape index (κ1) is 18.4. The SMILES string of the molecule is CC(=O)NC1CCC(C(CCc2ccccc2)N2CCOCC2)CC1. The molecule has 1 heterocycles. The van der Waals surface area contributed by atoms with Gasteiger partial charge in [0.25, 0.3) is 0 Å². The number of hydrogen-bond donors (Lipinski definition) is 1. The summed E-state index contributed by atoms with van der Waals surface area (Å²) in [5.41, 5.74) is 1.44. The molecule has 1 aliphatic carbocycles. The fraction of sp³-hybridized carbons (Fsp3) is 0.667. The second-order valence-electron chi connectivity index (χ2n) is 7.55. The molecule has 0 radical (unpaired) electrons. The molecule has 0 aromatic heterocycles. The summed E-state index contributed by atoms with van der Waals surface area (Å²) in [7, 11) is 0. The van der Waals surface area contributed by atoms with Gasteiger partial charge in [-0.2, -0.15) is 0 Å². The average Bonchev–Trinajstić information content (AvgIpc) is 2.64. The Morgan fingerprint density at radius 1 is 1.16 bits per heavy atom. The van der Waals surface area contributed by atoms with Crippen molar-refractivity contribution in [2.45, 2.75) is 57.5 Å². The van der Waals surface area contributed by atoms with Crippen molar-refractivity contribution in [3.63, 3.8) is 0 Å². The lowest BCUT2D eigenvalue weighted by Crippen LogP contribution is -2.49. The molecule has 4 heteroatoms. The van der Waals surface area contributed by atoms with E-state index in [2.05, 4.69) is 40.5 Å². The predicted octanol–water partition coefficient (Wildman–Crippen LogP) is 3.01. The van der Waals surface area contributed by atoms with E-state index in [1.165, 1.54) is 24.8 Å². The summed E-state index contributed by atoms with van der Waals surface area (Å²) < 4.78 is 5.57. The van der Waals surface area contributed by atoms with Crippen LogP contribution in [0, 0.1) is 5.92 Å². The molecule has 4 nitrogen and oxygen atoms in total. The smallest absolute Gasteiger partial charge is 0.217 e. The quantitative estimate of drug-likeness (QED) is 0.862. The van der Waals surface area contributed by atoms with Crippen LogP contribution in [0.5, 0.6) is 0 Å². The normalized spacial score (nSPS) is 26.1.